The van der Waals surface area contributed by atoms with E-state index >= 15 is 0 Å². The van der Waals surface area contributed by atoms with Gasteiger partial charge in [0.15, 0.2) is 11.4 Å². The number of phenolic OH excluding ortho intramolecular Hbond substituents is 1. The molecule has 6 rings (SSSR count). The maximum Gasteiger partial charge on any atom is 0.296 e. The number of aromatic hydroxyl groups is 2. The molecule has 0 atom stereocenters. The third kappa shape index (κ3) is 10.4. The van der Waals surface area contributed by atoms with Crippen LogP contribution in [0, 0.1) is 6.92 Å². The van der Waals surface area contributed by atoms with Crippen LogP contribution >= 0.6 is 0 Å². The molecule has 64 heavy (non-hydrogen) atoms. The number of nitrogens with zero attached hydrogens (tertiary/aromatic N) is 8. The van der Waals surface area contributed by atoms with Gasteiger partial charge in [0.05, 0.1) is 42.3 Å². The third-order valence-corrected chi connectivity index (χ3v) is 11.3. The molecule has 24 nitrogen and oxygen atoms in total. The fourth-order valence-corrected chi connectivity index (χ4v) is 7.50. The maximum atomic E-state index is 12.8. The van der Waals surface area contributed by atoms with E-state index in [-0.39, 0.29) is 85.9 Å². The summed E-state index contributed by atoms with van der Waals surface area (Å²) in [4.78, 5) is -1.93. The van der Waals surface area contributed by atoms with Crippen molar-refractivity contribution in [3.8, 4) is 34.6 Å². The largest absolute Gasteiger partial charge is 0.505 e. The van der Waals surface area contributed by atoms with Crippen LogP contribution in [0.15, 0.2) is 124 Å². The molecule has 1 aromatic heterocycles. The van der Waals surface area contributed by atoms with E-state index in [1.807, 2.05) is 0 Å². The van der Waals surface area contributed by atoms with Gasteiger partial charge in [-0.05, 0) is 73.0 Å². The number of hydrogen-bond donors (Lipinski definition) is 7. The summed E-state index contributed by atoms with van der Waals surface area (Å²) >= 11 is 0. The predicted molar refractivity (Wildman–Crippen MR) is 222 cm³/mol. The lowest BCUT2D eigenvalue weighted by Crippen LogP contribution is -2.04. The molecule has 336 valence electrons. The zero-order valence-electron chi connectivity index (χ0n) is 32.9. The molecule has 0 amide bonds. The first-order chi connectivity index (χ1) is 30.2. The van der Waals surface area contributed by atoms with Gasteiger partial charge in [0.1, 0.15) is 63.0 Å². The first kappa shape index (κ1) is 46.5. The zero-order chi connectivity index (χ0) is 46.6. The van der Waals surface area contributed by atoms with Gasteiger partial charge in [-0.3, -0.25) is 13.7 Å². The third-order valence-electron chi connectivity index (χ3n) is 8.67. The standard InChI is InChI=1S/C37H34N8O16S3/c1-20-34(42-38-22-3-7-25(8-4-22)62(50,51)52)37(49)45(44-20)23-5-9-26-21(15-23)16-33(64(56,57)58)35(36(26)48)43-41-29-19-30(60-13-11-46)28(18-31(29)61-14-12-47)40-39-27-10-6-24(59-2)17-32(27)63(53,54)55/h3-10,15-19,46-49H,11-14H2,1-2H3,(H,50,51,52)(H,53,54,55)(H,56,57,58)/b40-39+,42-38+,43-41+. The summed E-state index contributed by atoms with van der Waals surface area (Å²) < 4.78 is 119. The first-order valence-electron chi connectivity index (χ1n) is 17.9. The van der Waals surface area contributed by atoms with Gasteiger partial charge < -0.3 is 34.6 Å². The Morgan fingerprint density at radius 1 is 0.625 bits per heavy atom. The van der Waals surface area contributed by atoms with Gasteiger partial charge in [-0.1, -0.05) is 0 Å². The number of benzene rings is 5. The molecule has 0 aliphatic heterocycles. The van der Waals surface area contributed by atoms with E-state index in [4.69, 9.17) is 14.2 Å². The molecule has 0 bridgehead atoms. The Morgan fingerprint density at radius 3 is 1.77 bits per heavy atom. The van der Waals surface area contributed by atoms with Gasteiger partial charge in [0.2, 0.25) is 5.88 Å². The molecule has 0 saturated carbocycles. The van der Waals surface area contributed by atoms with Crippen LogP contribution in [0.2, 0.25) is 0 Å². The minimum Gasteiger partial charge on any atom is -0.505 e. The lowest BCUT2D eigenvalue weighted by atomic mass is 10.1. The van der Waals surface area contributed by atoms with E-state index < -0.39 is 70.7 Å². The Hall–Kier alpha value is -6.98. The van der Waals surface area contributed by atoms with Gasteiger partial charge >= 0.3 is 0 Å². The number of ether oxygens (including phenoxy) is 3. The Bertz CT molecular complexity index is 3200. The van der Waals surface area contributed by atoms with E-state index in [0.29, 0.717) is 0 Å². The number of aromatic nitrogens is 2. The van der Waals surface area contributed by atoms with Gasteiger partial charge in [0, 0.05) is 23.6 Å². The number of fused-ring (bicyclic) bond motifs is 1. The number of rotatable bonds is 17. The van der Waals surface area contributed by atoms with Crippen molar-refractivity contribution in [3.63, 3.8) is 0 Å². The maximum absolute atomic E-state index is 12.8. The van der Waals surface area contributed by atoms with E-state index in [0.717, 1.165) is 35.0 Å². The lowest BCUT2D eigenvalue weighted by molar-refractivity contribution is 0.198. The molecular formula is C37H34N8O16S3. The highest BCUT2D eigenvalue weighted by Crippen LogP contribution is 2.46. The van der Waals surface area contributed by atoms with Crippen LogP contribution in [0.25, 0.3) is 16.5 Å². The van der Waals surface area contributed by atoms with Crippen molar-refractivity contribution >= 4 is 75.3 Å². The molecule has 0 unspecified atom stereocenters. The molecule has 6 aromatic rings. The van der Waals surface area contributed by atoms with Crippen LogP contribution in [0.4, 0.5) is 34.1 Å². The number of azo groups is 3. The summed E-state index contributed by atoms with van der Waals surface area (Å²) in [5.41, 5.74) is -1.05. The average Bonchev–Trinajstić information content (AvgIpc) is 3.53. The summed E-state index contributed by atoms with van der Waals surface area (Å²) in [6, 6.07) is 15.6. The van der Waals surface area contributed by atoms with Crippen molar-refractivity contribution in [2.24, 2.45) is 30.7 Å². The van der Waals surface area contributed by atoms with Crippen molar-refractivity contribution < 1.29 is 73.5 Å². The van der Waals surface area contributed by atoms with Gasteiger partial charge in [-0.15, -0.1) is 25.6 Å². The number of aryl methyl sites for hydroxylation is 1. The number of aliphatic hydroxyl groups excluding tert-OH is 2. The Balaban J connectivity index is 1.40. The van der Waals surface area contributed by atoms with Gasteiger partial charge in [-0.25, -0.2) is 0 Å². The van der Waals surface area contributed by atoms with Crippen molar-refractivity contribution in [2.75, 3.05) is 33.5 Å². The molecule has 0 saturated heterocycles. The van der Waals surface area contributed by atoms with Crippen molar-refractivity contribution in [1.29, 1.82) is 0 Å². The summed E-state index contributed by atoms with van der Waals surface area (Å²) in [6.45, 7) is -0.136. The normalized spacial score (nSPS) is 12.5. The minimum absolute atomic E-state index is 0.00613. The monoisotopic (exact) mass is 942 g/mol. The summed E-state index contributed by atoms with van der Waals surface area (Å²) in [6.07, 6.45) is 0. The van der Waals surface area contributed by atoms with Crippen LogP contribution in [-0.2, 0) is 30.4 Å². The molecule has 7 N–H and O–H groups in total. The van der Waals surface area contributed by atoms with E-state index in [9.17, 15) is 59.3 Å². The second-order valence-corrected chi connectivity index (χ2v) is 17.1. The van der Waals surface area contributed by atoms with Crippen LogP contribution in [0.5, 0.6) is 28.9 Å². The van der Waals surface area contributed by atoms with Crippen LogP contribution in [0.1, 0.15) is 5.69 Å². The van der Waals surface area contributed by atoms with E-state index in [1.165, 1.54) is 62.6 Å². The second kappa shape index (κ2) is 18.8. The van der Waals surface area contributed by atoms with Crippen molar-refractivity contribution in [2.45, 2.75) is 21.6 Å². The molecule has 0 spiro atoms. The molecule has 5 aromatic carbocycles. The Labute approximate surface area is 362 Å². The smallest absolute Gasteiger partial charge is 0.296 e. The van der Waals surface area contributed by atoms with Gasteiger partial charge in [0.25, 0.3) is 30.4 Å². The predicted octanol–water partition coefficient (Wildman–Crippen LogP) is 6.48. The Kier molecular flexibility index (Phi) is 13.7. The van der Waals surface area contributed by atoms with E-state index in [2.05, 4.69) is 35.8 Å². The zero-order valence-corrected chi connectivity index (χ0v) is 35.4. The summed E-state index contributed by atoms with van der Waals surface area (Å²) in [5, 5.41) is 69.6. The number of phenols is 1. The number of hydrogen-bond acceptors (Lipinski definition) is 20. The number of aliphatic hydroxyl groups is 2. The highest BCUT2D eigenvalue weighted by atomic mass is 32.2. The summed E-state index contributed by atoms with van der Waals surface area (Å²) in [7, 11) is -13.1. The fraction of sp³-hybridized carbons (Fsp3) is 0.162. The lowest BCUT2D eigenvalue weighted by Gasteiger charge is -2.13. The highest BCUT2D eigenvalue weighted by molar-refractivity contribution is 7.86. The van der Waals surface area contributed by atoms with Crippen molar-refractivity contribution in [1.82, 2.24) is 9.78 Å². The van der Waals surface area contributed by atoms with Crippen LogP contribution < -0.4 is 14.2 Å². The fourth-order valence-electron chi connectivity index (χ4n) is 5.72. The van der Waals surface area contributed by atoms with Gasteiger partial charge in [-0.2, -0.15) is 40.1 Å². The van der Waals surface area contributed by atoms with Crippen molar-refractivity contribution in [3.05, 3.63) is 84.6 Å². The highest BCUT2D eigenvalue weighted by Gasteiger charge is 2.24. The minimum atomic E-state index is -5.16. The topological polar surface area (TPSA) is 364 Å². The molecular weight excluding hydrogens is 909 g/mol. The average molecular weight is 943 g/mol. The number of methoxy groups -OCH3 is 1. The first-order valence-corrected chi connectivity index (χ1v) is 22.2. The molecule has 0 aliphatic carbocycles. The second-order valence-electron chi connectivity index (χ2n) is 12.9. The summed E-state index contributed by atoms with van der Waals surface area (Å²) in [5.74, 6) is -1.55. The van der Waals surface area contributed by atoms with Crippen LogP contribution in [-0.4, -0.2) is 103 Å². The Morgan fingerprint density at radius 2 is 1.20 bits per heavy atom. The molecule has 1 heterocycles. The molecule has 0 radical (unpaired) electrons. The molecule has 0 aliphatic rings. The van der Waals surface area contributed by atoms with Crippen LogP contribution in [0.3, 0.4) is 0 Å². The SMILES string of the molecule is COc1ccc(/N=N/c2cc(OCCO)c(/N=N/c3c(S(=O)(=O)O)cc4cc(-n5nc(C)c(/N=N/c6ccc(S(=O)(=O)O)cc6)c5O)ccc4c3O)cc2OCCO)c(S(=O)(=O)O)c1. The van der Waals surface area contributed by atoms with E-state index in [1.54, 1.807) is 0 Å². The quantitative estimate of drug-likeness (QED) is 0.0380. The molecule has 27 heteroatoms. The molecule has 0 fully saturated rings.